The molecule has 2 atom stereocenters. The standard InChI is InChI=1S/C25H30N2O6/c1-25(2)27(24(31)32-16-19-11-7-4-8-12-19)21(17-33-25)23(30)26-20(22(29)15-28)14-13-18-9-5-3-6-10-18/h3-12,20-21,28H,13-17H2,1-2H3,(H,26,30)/t20-,21-/m0/s1. The van der Waals surface area contributed by atoms with Crippen LogP contribution in [0.3, 0.4) is 0 Å². The van der Waals surface area contributed by atoms with E-state index in [0.717, 1.165) is 11.1 Å². The summed E-state index contributed by atoms with van der Waals surface area (Å²) in [6, 6.07) is 16.9. The first-order valence-electron chi connectivity index (χ1n) is 10.9. The molecule has 0 radical (unpaired) electrons. The number of benzene rings is 2. The number of nitrogens with zero attached hydrogens (tertiary/aromatic N) is 1. The summed E-state index contributed by atoms with van der Waals surface area (Å²) in [5.41, 5.74) is 0.772. The number of hydrogen-bond acceptors (Lipinski definition) is 6. The Balaban J connectivity index is 1.66. The van der Waals surface area contributed by atoms with Crippen molar-refractivity contribution in [3.63, 3.8) is 0 Å². The maximum atomic E-state index is 13.1. The molecule has 0 aliphatic carbocycles. The highest BCUT2D eigenvalue weighted by atomic mass is 16.6. The molecule has 8 nitrogen and oxygen atoms in total. The Bertz CT molecular complexity index is 948. The maximum absolute atomic E-state index is 13.1. The lowest BCUT2D eigenvalue weighted by atomic mass is 10.0. The highest BCUT2D eigenvalue weighted by Gasteiger charge is 2.48. The summed E-state index contributed by atoms with van der Waals surface area (Å²) in [7, 11) is 0. The lowest BCUT2D eigenvalue weighted by molar-refractivity contribution is -0.132. The molecule has 1 aliphatic rings. The van der Waals surface area contributed by atoms with E-state index >= 15 is 0 Å². The third-order valence-corrected chi connectivity index (χ3v) is 5.62. The van der Waals surface area contributed by atoms with E-state index in [-0.39, 0.29) is 13.2 Å². The summed E-state index contributed by atoms with van der Waals surface area (Å²) in [5, 5.41) is 12.1. The number of ketones is 1. The molecule has 2 aromatic carbocycles. The fourth-order valence-electron chi connectivity index (χ4n) is 3.78. The number of amides is 2. The molecule has 2 aromatic rings. The largest absolute Gasteiger partial charge is 0.444 e. The van der Waals surface area contributed by atoms with Crippen LogP contribution in [0.25, 0.3) is 0 Å². The summed E-state index contributed by atoms with van der Waals surface area (Å²) in [5.74, 6) is -1.02. The van der Waals surface area contributed by atoms with Crippen molar-refractivity contribution in [2.24, 2.45) is 0 Å². The van der Waals surface area contributed by atoms with Gasteiger partial charge in [-0.05, 0) is 37.8 Å². The van der Waals surface area contributed by atoms with E-state index in [1.54, 1.807) is 13.8 Å². The number of nitrogens with one attached hydrogen (secondary N) is 1. The molecule has 0 aromatic heterocycles. The van der Waals surface area contributed by atoms with Gasteiger partial charge in [-0.25, -0.2) is 4.79 Å². The topological polar surface area (TPSA) is 105 Å². The lowest BCUT2D eigenvalue weighted by Crippen LogP contribution is -2.56. The highest BCUT2D eigenvalue weighted by Crippen LogP contribution is 2.28. The molecule has 3 rings (SSSR count). The Labute approximate surface area is 193 Å². The number of ether oxygens (including phenoxy) is 2. The van der Waals surface area contributed by atoms with Crippen LogP contribution < -0.4 is 5.32 Å². The average Bonchev–Trinajstić information content (AvgIpc) is 3.16. The van der Waals surface area contributed by atoms with Crippen molar-refractivity contribution < 1.29 is 29.0 Å². The van der Waals surface area contributed by atoms with Crippen LogP contribution >= 0.6 is 0 Å². The average molecular weight is 455 g/mol. The van der Waals surface area contributed by atoms with E-state index in [1.165, 1.54) is 4.90 Å². The molecule has 0 spiro atoms. The van der Waals surface area contributed by atoms with Crippen LogP contribution in [0.2, 0.25) is 0 Å². The predicted molar refractivity (Wildman–Crippen MR) is 121 cm³/mol. The molecular formula is C25H30N2O6. The van der Waals surface area contributed by atoms with Crippen LogP contribution in [-0.4, -0.2) is 58.8 Å². The normalized spacial score (nSPS) is 17.9. The zero-order valence-electron chi connectivity index (χ0n) is 18.9. The number of aliphatic hydroxyl groups excluding tert-OH is 1. The van der Waals surface area contributed by atoms with E-state index < -0.39 is 42.2 Å². The van der Waals surface area contributed by atoms with Crippen LogP contribution in [0.4, 0.5) is 4.79 Å². The molecule has 2 amide bonds. The van der Waals surface area contributed by atoms with Gasteiger partial charge in [-0.3, -0.25) is 14.5 Å². The number of aliphatic hydroxyl groups is 1. The third kappa shape index (κ3) is 6.40. The molecule has 0 saturated carbocycles. The first-order valence-corrected chi connectivity index (χ1v) is 10.9. The summed E-state index contributed by atoms with van der Waals surface area (Å²) in [6.45, 7) is 2.70. The van der Waals surface area contributed by atoms with Gasteiger partial charge in [0.25, 0.3) is 0 Å². The van der Waals surface area contributed by atoms with Gasteiger partial charge < -0.3 is 19.9 Å². The Morgan fingerprint density at radius 1 is 1.09 bits per heavy atom. The van der Waals surface area contributed by atoms with Crippen LogP contribution in [0.5, 0.6) is 0 Å². The number of carbonyl (C=O) groups is 3. The quantitative estimate of drug-likeness (QED) is 0.603. The van der Waals surface area contributed by atoms with Gasteiger partial charge in [0.1, 0.15) is 25.0 Å². The Morgan fingerprint density at radius 3 is 2.30 bits per heavy atom. The predicted octanol–water partition coefficient (Wildman–Crippen LogP) is 2.44. The monoisotopic (exact) mass is 454 g/mol. The maximum Gasteiger partial charge on any atom is 0.413 e. The van der Waals surface area contributed by atoms with Gasteiger partial charge in [-0.1, -0.05) is 60.7 Å². The van der Waals surface area contributed by atoms with Crippen molar-refractivity contribution in [2.75, 3.05) is 13.2 Å². The van der Waals surface area contributed by atoms with Gasteiger partial charge in [0.15, 0.2) is 5.78 Å². The minimum absolute atomic E-state index is 0.0298. The second-order valence-electron chi connectivity index (χ2n) is 8.39. The molecule has 33 heavy (non-hydrogen) atoms. The first kappa shape index (κ1) is 24.4. The summed E-state index contributed by atoms with van der Waals surface area (Å²) in [6.07, 6.45) is 0.188. The summed E-state index contributed by atoms with van der Waals surface area (Å²) < 4.78 is 11.1. The van der Waals surface area contributed by atoms with E-state index in [0.29, 0.717) is 12.8 Å². The van der Waals surface area contributed by atoms with Gasteiger partial charge in [0.05, 0.1) is 12.6 Å². The molecule has 1 fully saturated rings. The lowest BCUT2D eigenvalue weighted by Gasteiger charge is -2.32. The summed E-state index contributed by atoms with van der Waals surface area (Å²) >= 11 is 0. The number of carbonyl (C=O) groups excluding carboxylic acids is 3. The van der Waals surface area contributed by atoms with Gasteiger partial charge in [0, 0.05) is 0 Å². The third-order valence-electron chi connectivity index (χ3n) is 5.62. The number of rotatable bonds is 9. The molecule has 2 N–H and O–H groups in total. The second-order valence-corrected chi connectivity index (χ2v) is 8.39. The van der Waals surface area contributed by atoms with Gasteiger partial charge in [-0.2, -0.15) is 0 Å². The van der Waals surface area contributed by atoms with Gasteiger partial charge in [0.2, 0.25) is 5.91 Å². The minimum Gasteiger partial charge on any atom is -0.444 e. The summed E-state index contributed by atoms with van der Waals surface area (Å²) in [4.78, 5) is 39.5. The van der Waals surface area contributed by atoms with Crippen LogP contribution in [0, 0.1) is 0 Å². The van der Waals surface area contributed by atoms with Gasteiger partial charge in [-0.15, -0.1) is 0 Å². The number of Topliss-reactive ketones (excluding diaryl/α,β-unsaturated/α-hetero) is 1. The smallest absolute Gasteiger partial charge is 0.413 e. The molecule has 0 bridgehead atoms. The van der Waals surface area contributed by atoms with Crippen LogP contribution in [-0.2, 0) is 32.1 Å². The van der Waals surface area contributed by atoms with Crippen molar-refractivity contribution in [3.05, 3.63) is 71.8 Å². The Morgan fingerprint density at radius 2 is 1.70 bits per heavy atom. The fraction of sp³-hybridized carbons (Fsp3) is 0.400. The number of hydrogen-bond donors (Lipinski definition) is 2. The van der Waals surface area contributed by atoms with Crippen LogP contribution in [0.1, 0.15) is 31.4 Å². The van der Waals surface area contributed by atoms with E-state index in [2.05, 4.69) is 5.32 Å². The molecular weight excluding hydrogens is 424 g/mol. The van der Waals surface area contributed by atoms with Crippen molar-refractivity contribution in [1.82, 2.24) is 10.2 Å². The van der Waals surface area contributed by atoms with Crippen LogP contribution in [0.15, 0.2) is 60.7 Å². The van der Waals surface area contributed by atoms with Crippen molar-refractivity contribution in [3.8, 4) is 0 Å². The van der Waals surface area contributed by atoms with E-state index in [9.17, 15) is 19.5 Å². The molecule has 1 saturated heterocycles. The minimum atomic E-state index is -1.06. The molecule has 176 valence electrons. The van der Waals surface area contributed by atoms with E-state index in [4.69, 9.17) is 9.47 Å². The zero-order chi connectivity index (χ0) is 23.8. The van der Waals surface area contributed by atoms with Gasteiger partial charge >= 0.3 is 6.09 Å². The highest BCUT2D eigenvalue weighted by molar-refractivity contribution is 5.93. The van der Waals surface area contributed by atoms with E-state index in [1.807, 2.05) is 60.7 Å². The fourth-order valence-corrected chi connectivity index (χ4v) is 3.78. The first-order chi connectivity index (χ1) is 15.8. The number of aryl methyl sites for hydroxylation is 1. The molecule has 1 aliphatic heterocycles. The molecule has 0 unspecified atom stereocenters. The van der Waals surface area contributed by atoms with Crippen molar-refractivity contribution in [2.45, 2.75) is 51.1 Å². The zero-order valence-corrected chi connectivity index (χ0v) is 18.9. The molecule has 8 heteroatoms. The molecule has 1 heterocycles. The SMILES string of the molecule is CC1(C)OC[C@@H](C(=O)N[C@@H](CCc2ccccc2)C(=O)CO)N1C(=O)OCc1ccccc1. The Kier molecular flexibility index (Phi) is 8.19. The second kappa shape index (κ2) is 11.1. The van der Waals surface area contributed by atoms with Crippen molar-refractivity contribution >= 4 is 17.8 Å². The van der Waals surface area contributed by atoms with Crippen molar-refractivity contribution in [1.29, 1.82) is 0 Å². The Hall–Kier alpha value is -3.23.